The fourth-order valence-electron chi connectivity index (χ4n) is 2.11. The fraction of sp³-hybridized carbons (Fsp3) is 0.786. The highest BCUT2D eigenvalue weighted by molar-refractivity contribution is 5.01. The fourth-order valence-corrected chi connectivity index (χ4v) is 2.11. The summed E-state index contributed by atoms with van der Waals surface area (Å²) >= 11 is 0. The molecule has 0 fully saturated rings. The molecule has 0 amide bonds. The SMILES string of the molecule is CCC(CC)n1ccc(CC(O)CNCCOC)n1. The van der Waals surface area contributed by atoms with Crippen molar-refractivity contribution in [1.29, 1.82) is 0 Å². The minimum Gasteiger partial charge on any atom is -0.391 e. The lowest BCUT2D eigenvalue weighted by atomic mass is 10.2. The van der Waals surface area contributed by atoms with E-state index in [1.165, 1.54) is 0 Å². The number of nitrogens with one attached hydrogen (secondary N) is 1. The molecule has 0 aliphatic heterocycles. The number of aromatic nitrogens is 2. The lowest BCUT2D eigenvalue weighted by Crippen LogP contribution is -2.30. The van der Waals surface area contributed by atoms with Crippen LogP contribution in [0.1, 0.15) is 38.4 Å². The van der Waals surface area contributed by atoms with E-state index in [-0.39, 0.29) is 0 Å². The lowest BCUT2D eigenvalue weighted by Gasteiger charge is -2.13. The monoisotopic (exact) mass is 269 g/mol. The van der Waals surface area contributed by atoms with Gasteiger partial charge in [-0.25, -0.2) is 0 Å². The van der Waals surface area contributed by atoms with Gasteiger partial charge in [0.25, 0.3) is 0 Å². The van der Waals surface area contributed by atoms with Crippen molar-refractivity contribution in [2.75, 3.05) is 26.8 Å². The zero-order valence-electron chi connectivity index (χ0n) is 12.3. The highest BCUT2D eigenvalue weighted by atomic mass is 16.5. The summed E-state index contributed by atoms with van der Waals surface area (Å²) in [5.41, 5.74) is 0.952. The van der Waals surface area contributed by atoms with Crippen molar-refractivity contribution in [2.24, 2.45) is 0 Å². The van der Waals surface area contributed by atoms with E-state index in [1.807, 2.05) is 16.9 Å². The molecule has 0 spiro atoms. The van der Waals surface area contributed by atoms with Crippen LogP contribution in [-0.2, 0) is 11.2 Å². The number of methoxy groups -OCH3 is 1. The first-order valence-electron chi connectivity index (χ1n) is 7.13. The van der Waals surface area contributed by atoms with Gasteiger partial charge in [-0.15, -0.1) is 0 Å². The van der Waals surface area contributed by atoms with Crippen molar-refractivity contribution >= 4 is 0 Å². The normalized spacial score (nSPS) is 13.1. The minimum absolute atomic E-state index is 0.401. The summed E-state index contributed by atoms with van der Waals surface area (Å²) in [7, 11) is 1.67. The molecule has 0 aliphatic carbocycles. The van der Waals surface area contributed by atoms with E-state index in [0.29, 0.717) is 25.6 Å². The van der Waals surface area contributed by atoms with Crippen LogP contribution >= 0.6 is 0 Å². The second-order valence-corrected chi connectivity index (χ2v) is 4.81. The third kappa shape index (κ3) is 5.72. The van der Waals surface area contributed by atoms with Crippen LogP contribution in [0.3, 0.4) is 0 Å². The van der Waals surface area contributed by atoms with Crippen LogP contribution in [0, 0.1) is 0 Å². The maximum absolute atomic E-state index is 9.91. The Morgan fingerprint density at radius 3 is 2.79 bits per heavy atom. The van der Waals surface area contributed by atoms with E-state index in [0.717, 1.165) is 25.1 Å². The number of rotatable bonds is 10. The number of aliphatic hydroxyl groups is 1. The van der Waals surface area contributed by atoms with Crippen molar-refractivity contribution < 1.29 is 9.84 Å². The molecular weight excluding hydrogens is 242 g/mol. The summed E-state index contributed by atoms with van der Waals surface area (Å²) in [6.07, 6.45) is 4.37. The second-order valence-electron chi connectivity index (χ2n) is 4.81. The van der Waals surface area contributed by atoms with Gasteiger partial charge >= 0.3 is 0 Å². The summed E-state index contributed by atoms with van der Waals surface area (Å²) in [5, 5.41) is 17.6. The van der Waals surface area contributed by atoms with Gasteiger partial charge in [-0.3, -0.25) is 4.68 Å². The average molecular weight is 269 g/mol. The molecular formula is C14H27N3O2. The Morgan fingerprint density at radius 2 is 2.16 bits per heavy atom. The third-order valence-electron chi connectivity index (χ3n) is 3.29. The molecule has 1 aromatic heterocycles. The van der Waals surface area contributed by atoms with Gasteiger partial charge in [0.2, 0.25) is 0 Å². The molecule has 110 valence electrons. The Hall–Kier alpha value is -0.910. The van der Waals surface area contributed by atoms with Crippen molar-refractivity contribution in [3.05, 3.63) is 18.0 Å². The van der Waals surface area contributed by atoms with E-state index in [9.17, 15) is 5.11 Å². The van der Waals surface area contributed by atoms with Gasteiger partial charge in [-0.2, -0.15) is 5.10 Å². The van der Waals surface area contributed by atoms with Gasteiger partial charge < -0.3 is 15.2 Å². The van der Waals surface area contributed by atoms with Crippen molar-refractivity contribution in [3.8, 4) is 0 Å². The molecule has 0 saturated carbocycles. The zero-order valence-corrected chi connectivity index (χ0v) is 12.3. The van der Waals surface area contributed by atoms with E-state index >= 15 is 0 Å². The van der Waals surface area contributed by atoms with Gasteiger partial charge in [0, 0.05) is 32.8 Å². The first kappa shape index (κ1) is 16.1. The molecule has 0 aliphatic rings. The smallest absolute Gasteiger partial charge is 0.0720 e. The molecule has 0 aromatic carbocycles. The van der Waals surface area contributed by atoms with Crippen LogP contribution in [0.2, 0.25) is 0 Å². The molecule has 0 bridgehead atoms. The van der Waals surface area contributed by atoms with Gasteiger partial charge in [0.05, 0.1) is 24.4 Å². The second kappa shape index (κ2) is 9.07. The largest absolute Gasteiger partial charge is 0.391 e. The maximum atomic E-state index is 9.91. The van der Waals surface area contributed by atoms with Crippen molar-refractivity contribution in [2.45, 2.75) is 45.3 Å². The van der Waals surface area contributed by atoms with Gasteiger partial charge in [-0.05, 0) is 18.9 Å². The number of nitrogens with zero attached hydrogens (tertiary/aromatic N) is 2. The first-order chi connectivity index (χ1) is 9.21. The Morgan fingerprint density at radius 1 is 1.42 bits per heavy atom. The Kier molecular flexibility index (Phi) is 7.70. The Balaban J connectivity index is 2.36. The molecule has 1 unspecified atom stereocenters. The molecule has 1 aromatic rings. The molecule has 19 heavy (non-hydrogen) atoms. The van der Waals surface area contributed by atoms with Gasteiger partial charge in [-0.1, -0.05) is 13.8 Å². The van der Waals surface area contributed by atoms with Crippen LogP contribution in [0.4, 0.5) is 0 Å². The number of hydrogen-bond donors (Lipinski definition) is 2. The molecule has 0 saturated heterocycles. The Labute approximate surface area is 116 Å². The molecule has 0 radical (unpaired) electrons. The topological polar surface area (TPSA) is 59.3 Å². The summed E-state index contributed by atoms with van der Waals surface area (Å²) in [6, 6.07) is 2.46. The molecule has 1 heterocycles. The number of ether oxygens (including phenoxy) is 1. The van der Waals surface area contributed by atoms with Crippen molar-refractivity contribution in [1.82, 2.24) is 15.1 Å². The molecule has 1 atom stereocenters. The van der Waals surface area contributed by atoms with E-state index in [1.54, 1.807) is 7.11 Å². The average Bonchev–Trinajstić information content (AvgIpc) is 2.84. The molecule has 2 N–H and O–H groups in total. The predicted molar refractivity (Wildman–Crippen MR) is 76.3 cm³/mol. The first-order valence-corrected chi connectivity index (χ1v) is 7.13. The number of aliphatic hydroxyl groups excluding tert-OH is 1. The standard InChI is InChI=1S/C14H27N3O2/c1-4-13(5-2)17-8-6-12(16-17)10-14(18)11-15-7-9-19-3/h6,8,13-15,18H,4-5,7,9-11H2,1-3H3. The van der Waals surface area contributed by atoms with Gasteiger partial charge in [0.15, 0.2) is 0 Å². The lowest BCUT2D eigenvalue weighted by molar-refractivity contribution is 0.159. The van der Waals surface area contributed by atoms with Crippen LogP contribution in [-0.4, -0.2) is 47.8 Å². The Bertz CT molecular complexity index is 337. The van der Waals surface area contributed by atoms with E-state index < -0.39 is 6.10 Å². The van der Waals surface area contributed by atoms with Gasteiger partial charge in [0.1, 0.15) is 0 Å². The zero-order chi connectivity index (χ0) is 14.1. The molecule has 5 nitrogen and oxygen atoms in total. The number of hydrogen-bond acceptors (Lipinski definition) is 4. The molecule has 5 heteroatoms. The van der Waals surface area contributed by atoms with Crippen LogP contribution in [0.15, 0.2) is 12.3 Å². The summed E-state index contributed by atoms with van der Waals surface area (Å²) in [6.45, 7) is 6.33. The van der Waals surface area contributed by atoms with Crippen molar-refractivity contribution in [3.63, 3.8) is 0 Å². The van der Waals surface area contributed by atoms with Crippen LogP contribution < -0.4 is 5.32 Å². The maximum Gasteiger partial charge on any atom is 0.0720 e. The predicted octanol–water partition coefficient (Wildman–Crippen LogP) is 1.38. The quantitative estimate of drug-likeness (QED) is 0.630. The van der Waals surface area contributed by atoms with E-state index in [4.69, 9.17) is 4.74 Å². The highest BCUT2D eigenvalue weighted by Gasteiger charge is 2.11. The van der Waals surface area contributed by atoms with Crippen LogP contribution in [0.5, 0.6) is 0 Å². The van der Waals surface area contributed by atoms with Crippen LogP contribution in [0.25, 0.3) is 0 Å². The summed E-state index contributed by atoms with van der Waals surface area (Å²) in [5.74, 6) is 0. The minimum atomic E-state index is -0.401. The van der Waals surface area contributed by atoms with E-state index in [2.05, 4.69) is 24.3 Å². The molecule has 1 rings (SSSR count). The third-order valence-corrected chi connectivity index (χ3v) is 3.29. The summed E-state index contributed by atoms with van der Waals surface area (Å²) in [4.78, 5) is 0. The summed E-state index contributed by atoms with van der Waals surface area (Å²) < 4.78 is 6.95. The highest BCUT2D eigenvalue weighted by Crippen LogP contribution is 2.14.